The van der Waals surface area contributed by atoms with E-state index in [-0.39, 0.29) is 6.10 Å². The summed E-state index contributed by atoms with van der Waals surface area (Å²) in [5, 5.41) is 9.91. The lowest BCUT2D eigenvalue weighted by Crippen LogP contribution is -1.99. The quantitative estimate of drug-likeness (QED) is 0.906. The number of benzene rings is 2. The Morgan fingerprint density at radius 1 is 1.24 bits per heavy atom. The van der Waals surface area contributed by atoms with Gasteiger partial charge in [-0.3, -0.25) is 0 Å². The van der Waals surface area contributed by atoms with E-state index < -0.39 is 0 Å². The lowest BCUT2D eigenvalue weighted by atomic mass is 10.1. The van der Waals surface area contributed by atoms with Crippen molar-refractivity contribution in [2.75, 3.05) is 7.11 Å². The molecule has 1 atom stereocenters. The Labute approximate surface area is 132 Å². The van der Waals surface area contributed by atoms with Crippen LogP contribution in [0.5, 0.6) is 11.5 Å². The molecule has 2 aromatic carbocycles. The molecule has 0 heterocycles. The standard InChI is InChI=1S/C17H17BrO3/c1-20-17-8-5-11(9-14(17)18)10-21-16-4-2-3-12-13(16)6-7-15(12)19/h2-5,8-9,15,19H,6-7,10H2,1H3. The molecule has 3 nitrogen and oxygen atoms in total. The molecule has 1 aliphatic rings. The Bertz CT molecular complexity index is 654. The van der Waals surface area contributed by atoms with Gasteiger partial charge in [-0.2, -0.15) is 0 Å². The first-order valence-corrected chi connectivity index (χ1v) is 7.73. The maximum atomic E-state index is 9.91. The minimum Gasteiger partial charge on any atom is -0.496 e. The SMILES string of the molecule is COc1ccc(COc2cccc3c2CCC3O)cc1Br. The summed E-state index contributed by atoms with van der Waals surface area (Å²) in [4.78, 5) is 0. The van der Waals surface area contributed by atoms with Gasteiger partial charge in [-0.05, 0) is 58.1 Å². The van der Waals surface area contributed by atoms with Gasteiger partial charge in [0.1, 0.15) is 18.1 Å². The summed E-state index contributed by atoms with van der Waals surface area (Å²) < 4.78 is 12.1. The number of fused-ring (bicyclic) bond motifs is 1. The van der Waals surface area contributed by atoms with Crippen LogP contribution in [0, 0.1) is 0 Å². The van der Waals surface area contributed by atoms with Gasteiger partial charge >= 0.3 is 0 Å². The fourth-order valence-corrected chi connectivity index (χ4v) is 3.28. The number of methoxy groups -OCH3 is 1. The molecule has 1 aliphatic carbocycles. The van der Waals surface area contributed by atoms with Crippen LogP contribution in [0.2, 0.25) is 0 Å². The molecule has 110 valence electrons. The Morgan fingerprint density at radius 2 is 2.10 bits per heavy atom. The van der Waals surface area contributed by atoms with Crippen LogP contribution in [-0.2, 0) is 13.0 Å². The highest BCUT2D eigenvalue weighted by atomic mass is 79.9. The average Bonchev–Trinajstić information content (AvgIpc) is 2.87. The molecule has 0 aromatic heterocycles. The van der Waals surface area contributed by atoms with Gasteiger partial charge in [0.05, 0.1) is 17.7 Å². The molecule has 0 fully saturated rings. The summed E-state index contributed by atoms with van der Waals surface area (Å²) in [6, 6.07) is 11.8. The molecule has 4 heteroatoms. The van der Waals surface area contributed by atoms with Gasteiger partial charge in [0.15, 0.2) is 0 Å². The van der Waals surface area contributed by atoms with Gasteiger partial charge in [-0.1, -0.05) is 18.2 Å². The van der Waals surface area contributed by atoms with Crippen LogP contribution >= 0.6 is 15.9 Å². The molecular formula is C17H17BrO3. The first-order valence-electron chi connectivity index (χ1n) is 6.94. The molecule has 1 unspecified atom stereocenters. The first kappa shape index (κ1) is 14.4. The second kappa shape index (κ2) is 6.08. The van der Waals surface area contributed by atoms with Crippen molar-refractivity contribution in [3.8, 4) is 11.5 Å². The number of hydrogen-bond acceptors (Lipinski definition) is 3. The Morgan fingerprint density at radius 3 is 2.86 bits per heavy atom. The van der Waals surface area contributed by atoms with Crippen molar-refractivity contribution in [1.29, 1.82) is 0 Å². The summed E-state index contributed by atoms with van der Waals surface area (Å²) in [7, 11) is 1.65. The zero-order valence-electron chi connectivity index (χ0n) is 11.8. The number of hydrogen-bond donors (Lipinski definition) is 1. The average molecular weight is 349 g/mol. The van der Waals surface area contributed by atoms with E-state index in [0.29, 0.717) is 6.61 Å². The van der Waals surface area contributed by atoms with Crippen molar-refractivity contribution >= 4 is 15.9 Å². The number of halogens is 1. The monoisotopic (exact) mass is 348 g/mol. The number of rotatable bonds is 4. The number of aliphatic hydroxyl groups is 1. The summed E-state index contributed by atoms with van der Waals surface area (Å²) in [6.45, 7) is 0.495. The van der Waals surface area contributed by atoms with Crippen molar-refractivity contribution in [2.24, 2.45) is 0 Å². The molecule has 0 radical (unpaired) electrons. The molecule has 0 saturated carbocycles. The maximum absolute atomic E-state index is 9.91. The number of aliphatic hydroxyl groups excluding tert-OH is 1. The van der Waals surface area contributed by atoms with Crippen LogP contribution in [0.25, 0.3) is 0 Å². The largest absolute Gasteiger partial charge is 0.496 e. The van der Waals surface area contributed by atoms with Crippen LogP contribution in [-0.4, -0.2) is 12.2 Å². The summed E-state index contributed by atoms with van der Waals surface area (Å²) in [6.07, 6.45) is 1.31. The third kappa shape index (κ3) is 2.92. The Kier molecular flexibility index (Phi) is 4.17. The minimum atomic E-state index is -0.348. The highest BCUT2D eigenvalue weighted by molar-refractivity contribution is 9.10. The highest BCUT2D eigenvalue weighted by Gasteiger charge is 2.23. The van der Waals surface area contributed by atoms with E-state index in [1.165, 1.54) is 0 Å². The van der Waals surface area contributed by atoms with Gasteiger partial charge in [0.2, 0.25) is 0 Å². The fourth-order valence-electron chi connectivity index (χ4n) is 2.69. The normalized spacial score (nSPS) is 16.6. The second-order valence-electron chi connectivity index (χ2n) is 5.14. The molecule has 0 spiro atoms. The third-order valence-corrected chi connectivity index (χ3v) is 4.43. The Balaban J connectivity index is 1.75. The van der Waals surface area contributed by atoms with E-state index in [1.807, 2.05) is 36.4 Å². The Hall–Kier alpha value is -1.52. The van der Waals surface area contributed by atoms with Gasteiger partial charge in [0.25, 0.3) is 0 Å². The van der Waals surface area contributed by atoms with Crippen LogP contribution in [0.3, 0.4) is 0 Å². The maximum Gasteiger partial charge on any atom is 0.133 e. The molecule has 0 bridgehead atoms. The second-order valence-corrected chi connectivity index (χ2v) is 5.99. The van der Waals surface area contributed by atoms with Gasteiger partial charge in [0, 0.05) is 5.56 Å². The van der Waals surface area contributed by atoms with E-state index in [1.54, 1.807) is 7.11 Å². The van der Waals surface area contributed by atoms with Gasteiger partial charge < -0.3 is 14.6 Å². The molecule has 0 aliphatic heterocycles. The van der Waals surface area contributed by atoms with E-state index in [0.717, 1.165) is 45.5 Å². The summed E-state index contributed by atoms with van der Waals surface area (Å²) >= 11 is 3.48. The topological polar surface area (TPSA) is 38.7 Å². The summed E-state index contributed by atoms with van der Waals surface area (Å²) in [5.74, 6) is 1.68. The van der Waals surface area contributed by atoms with Gasteiger partial charge in [-0.25, -0.2) is 0 Å². The minimum absolute atomic E-state index is 0.348. The zero-order chi connectivity index (χ0) is 14.8. The van der Waals surface area contributed by atoms with Crippen LogP contribution in [0.4, 0.5) is 0 Å². The molecule has 3 rings (SSSR count). The van der Waals surface area contributed by atoms with Crippen molar-refractivity contribution in [2.45, 2.75) is 25.6 Å². The van der Waals surface area contributed by atoms with Crippen molar-refractivity contribution < 1.29 is 14.6 Å². The fraction of sp³-hybridized carbons (Fsp3) is 0.294. The number of ether oxygens (including phenoxy) is 2. The van der Waals surface area contributed by atoms with Crippen LogP contribution in [0.1, 0.15) is 29.2 Å². The van der Waals surface area contributed by atoms with Crippen molar-refractivity contribution in [1.82, 2.24) is 0 Å². The molecular weight excluding hydrogens is 332 g/mol. The van der Waals surface area contributed by atoms with Gasteiger partial charge in [-0.15, -0.1) is 0 Å². The predicted octanol–water partition coefficient (Wildman–Crippen LogP) is 4.02. The van der Waals surface area contributed by atoms with E-state index >= 15 is 0 Å². The van der Waals surface area contributed by atoms with Crippen molar-refractivity contribution in [3.63, 3.8) is 0 Å². The molecule has 0 amide bonds. The third-order valence-electron chi connectivity index (χ3n) is 3.81. The van der Waals surface area contributed by atoms with E-state index in [9.17, 15) is 5.11 Å². The molecule has 1 N–H and O–H groups in total. The predicted molar refractivity (Wildman–Crippen MR) is 84.7 cm³/mol. The van der Waals surface area contributed by atoms with E-state index in [2.05, 4.69) is 15.9 Å². The highest BCUT2D eigenvalue weighted by Crippen LogP contribution is 2.37. The van der Waals surface area contributed by atoms with Crippen molar-refractivity contribution in [3.05, 3.63) is 57.6 Å². The molecule has 0 saturated heterocycles. The first-order chi connectivity index (χ1) is 10.2. The van der Waals surface area contributed by atoms with E-state index in [4.69, 9.17) is 9.47 Å². The summed E-state index contributed by atoms with van der Waals surface area (Å²) in [5.41, 5.74) is 3.21. The lowest BCUT2D eigenvalue weighted by Gasteiger charge is -2.12. The molecule has 2 aromatic rings. The molecule has 21 heavy (non-hydrogen) atoms. The smallest absolute Gasteiger partial charge is 0.133 e. The van der Waals surface area contributed by atoms with Crippen LogP contribution < -0.4 is 9.47 Å². The van der Waals surface area contributed by atoms with Crippen LogP contribution in [0.15, 0.2) is 40.9 Å². The zero-order valence-corrected chi connectivity index (χ0v) is 13.4. The lowest BCUT2D eigenvalue weighted by molar-refractivity contribution is 0.180.